The van der Waals surface area contributed by atoms with Crippen LogP contribution in [0.5, 0.6) is 0 Å². The second kappa shape index (κ2) is 6.87. The maximum absolute atomic E-state index is 12.4. The molecule has 8 heteroatoms. The molecule has 0 bridgehead atoms. The number of aromatic nitrogens is 3. The van der Waals surface area contributed by atoms with E-state index in [2.05, 4.69) is 15.0 Å². The lowest BCUT2D eigenvalue weighted by molar-refractivity contribution is 0.0279. The van der Waals surface area contributed by atoms with E-state index in [-0.39, 0.29) is 17.6 Å². The van der Waals surface area contributed by atoms with Crippen LogP contribution in [0.15, 0.2) is 35.4 Å². The molecule has 0 radical (unpaired) electrons. The Morgan fingerprint density at radius 1 is 1.35 bits per heavy atom. The fourth-order valence-electron chi connectivity index (χ4n) is 3.42. The molecule has 1 fully saturated rings. The van der Waals surface area contributed by atoms with Crippen LogP contribution in [-0.2, 0) is 18.3 Å². The van der Waals surface area contributed by atoms with Crippen LogP contribution >= 0.6 is 0 Å². The largest absolute Gasteiger partial charge is 0.374 e. The Morgan fingerprint density at radius 3 is 3.04 bits per heavy atom. The van der Waals surface area contributed by atoms with E-state index in [0.717, 1.165) is 24.3 Å². The number of ether oxygens (including phenoxy) is 1. The fourth-order valence-corrected chi connectivity index (χ4v) is 3.42. The van der Waals surface area contributed by atoms with Crippen molar-refractivity contribution in [2.45, 2.75) is 19.1 Å². The van der Waals surface area contributed by atoms with E-state index in [1.165, 1.54) is 4.68 Å². The van der Waals surface area contributed by atoms with E-state index >= 15 is 0 Å². The lowest BCUT2D eigenvalue weighted by atomic mass is 10.2. The van der Waals surface area contributed by atoms with Gasteiger partial charge in [0.1, 0.15) is 0 Å². The van der Waals surface area contributed by atoms with Crippen molar-refractivity contribution in [3.8, 4) is 0 Å². The van der Waals surface area contributed by atoms with Crippen LogP contribution in [0, 0.1) is 0 Å². The SMILES string of the molecule is Cn1ncc(N2CCO[C@H](CCN3Cc4ncccc4C3=O)C2)cc1=O. The number of pyridine rings is 1. The van der Waals surface area contributed by atoms with Crippen molar-refractivity contribution < 1.29 is 9.53 Å². The maximum Gasteiger partial charge on any atom is 0.268 e. The Labute approximate surface area is 151 Å². The van der Waals surface area contributed by atoms with Gasteiger partial charge in [-0.1, -0.05) is 0 Å². The van der Waals surface area contributed by atoms with Crippen LogP contribution in [0.4, 0.5) is 5.69 Å². The molecule has 26 heavy (non-hydrogen) atoms. The molecule has 1 atom stereocenters. The second-order valence-electron chi connectivity index (χ2n) is 6.63. The van der Waals surface area contributed by atoms with Gasteiger partial charge in [0.05, 0.1) is 42.4 Å². The summed E-state index contributed by atoms with van der Waals surface area (Å²) >= 11 is 0. The molecule has 0 aliphatic carbocycles. The van der Waals surface area contributed by atoms with Crippen LogP contribution in [0.3, 0.4) is 0 Å². The summed E-state index contributed by atoms with van der Waals surface area (Å²) < 4.78 is 7.17. The Hall–Kier alpha value is -2.74. The van der Waals surface area contributed by atoms with Crippen molar-refractivity contribution in [2.24, 2.45) is 7.05 Å². The molecule has 1 amide bonds. The summed E-state index contributed by atoms with van der Waals surface area (Å²) in [6.45, 7) is 3.19. The van der Waals surface area contributed by atoms with E-state index < -0.39 is 0 Å². The number of carbonyl (C=O) groups excluding carboxylic acids is 1. The first-order chi connectivity index (χ1) is 12.6. The molecule has 2 aliphatic heterocycles. The summed E-state index contributed by atoms with van der Waals surface area (Å²) in [4.78, 5) is 32.4. The van der Waals surface area contributed by atoms with E-state index in [4.69, 9.17) is 4.74 Å². The third kappa shape index (κ3) is 3.20. The maximum atomic E-state index is 12.4. The monoisotopic (exact) mass is 355 g/mol. The van der Waals surface area contributed by atoms with Gasteiger partial charge in [-0.3, -0.25) is 14.6 Å². The third-order valence-electron chi connectivity index (χ3n) is 4.93. The molecule has 4 heterocycles. The van der Waals surface area contributed by atoms with Gasteiger partial charge in [0.25, 0.3) is 11.5 Å². The van der Waals surface area contributed by atoms with E-state index in [1.807, 2.05) is 11.0 Å². The minimum absolute atomic E-state index is 0.0114. The molecule has 0 N–H and O–H groups in total. The van der Waals surface area contributed by atoms with Gasteiger partial charge in [-0.05, 0) is 18.6 Å². The predicted octanol–water partition coefficient (Wildman–Crippen LogP) is 0.427. The van der Waals surface area contributed by atoms with Crippen molar-refractivity contribution >= 4 is 11.6 Å². The molecule has 136 valence electrons. The van der Waals surface area contributed by atoms with Gasteiger partial charge in [0.15, 0.2) is 0 Å². The van der Waals surface area contributed by atoms with Crippen LogP contribution in [-0.4, -0.2) is 57.9 Å². The fraction of sp³-hybridized carbons (Fsp3) is 0.444. The average Bonchev–Trinajstić information content (AvgIpc) is 2.99. The van der Waals surface area contributed by atoms with Gasteiger partial charge in [0.2, 0.25) is 0 Å². The summed E-state index contributed by atoms with van der Waals surface area (Å²) in [7, 11) is 1.63. The first kappa shape index (κ1) is 16.7. The number of morpholine rings is 1. The third-order valence-corrected chi connectivity index (χ3v) is 4.93. The number of hydrogen-bond acceptors (Lipinski definition) is 6. The smallest absolute Gasteiger partial charge is 0.268 e. The summed E-state index contributed by atoms with van der Waals surface area (Å²) in [5, 5.41) is 4.08. The standard InChI is InChI=1S/C18H21N5O3/c1-21-17(24)9-13(10-20-21)22-7-8-26-14(11-22)4-6-23-12-16-15(18(23)25)3-2-5-19-16/h2-3,5,9-10,14H,4,6-8,11-12H2,1H3/t14-/m1/s1. The molecule has 0 aromatic carbocycles. The zero-order valence-electron chi connectivity index (χ0n) is 14.7. The van der Waals surface area contributed by atoms with Crippen molar-refractivity contribution in [2.75, 3.05) is 31.1 Å². The first-order valence-electron chi connectivity index (χ1n) is 8.75. The highest BCUT2D eigenvalue weighted by Crippen LogP contribution is 2.22. The van der Waals surface area contributed by atoms with Gasteiger partial charge in [-0.25, -0.2) is 4.68 Å². The van der Waals surface area contributed by atoms with Gasteiger partial charge in [0, 0.05) is 38.9 Å². The molecule has 0 unspecified atom stereocenters. The van der Waals surface area contributed by atoms with Crippen molar-refractivity contribution in [1.29, 1.82) is 0 Å². The Balaban J connectivity index is 1.36. The number of amides is 1. The lowest BCUT2D eigenvalue weighted by Crippen LogP contribution is -2.44. The molecule has 1 saturated heterocycles. The Bertz CT molecular complexity index is 881. The number of fused-ring (bicyclic) bond motifs is 1. The summed E-state index contributed by atoms with van der Waals surface area (Å²) in [6, 6.07) is 5.22. The quantitative estimate of drug-likeness (QED) is 0.791. The van der Waals surface area contributed by atoms with Crippen LogP contribution in [0.25, 0.3) is 0 Å². The van der Waals surface area contributed by atoms with Crippen LogP contribution in [0.2, 0.25) is 0 Å². The molecule has 0 saturated carbocycles. The highest BCUT2D eigenvalue weighted by Gasteiger charge is 2.29. The molecule has 8 nitrogen and oxygen atoms in total. The Kier molecular flexibility index (Phi) is 4.42. The van der Waals surface area contributed by atoms with Crippen molar-refractivity contribution in [3.63, 3.8) is 0 Å². The van der Waals surface area contributed by atoms with Crippen LogP contribution in [0.1, 0.15) is 22.5 Å². The van der Waals surface area contributed by atoms with Gasteiger partial charge >= 0.3 is 0 Å². The second-order valence-corrected chi connectivity index (χ2v) is 6.63. The van der Waals surface area contributed by atoms with Gasteiger partial charge < -0.3 is 14.5 Å². The van der Waals surface area contributed by atoms with Gasteiger partial charge in [-0.15, -0.1) is 0 Å². The minimum Gasteiger partial charge on any atom is -0.374 e. The molecule has 4 rings (SSSR count). The summed E-state index contributed by atoms with van der Waals surface area (Å²) in [5.74, 6) is 0.0384. The molecule has 2 aliphatic rings. The van der Waals surface area contributed by atoms with E-state index in [0.29, 0.717) is 31.8 Å². The van der Waals surface area contributed by atoms with Crippen molar-refractivity contribution in [3.05, 3.63) is 52.2 Å². The predicted molar refractivity (Wildman–Crippen MR) is 95.0 cm³/mol. The normalized spacial score (nSPS) is 19.7. The highest BCUT2D eigenvalue weighted by atomic mass is 16.5. The minimum atomic E-state index is -0.126. The lowest BCUT2D eigenvalue weighted by Gasteiger charge is -2.34. The number of anilines is 1. The number of hydrogen-bond donors (Lipinski definition) is 0. The number of carbonyl (C=O) groups is 1. The first-order valence-corrected chi connectivity index (χ1v) is 8.75. The van der Waals surface area contributed by atoms with E-state index in [1.54, 1.807) is 31.6 Å². The average molecular weight is 355 g/mol. The summed E-state index contributed by atoms with van der Waals surface area (Å²) in [5.41, 5.74) is 2.23. The number of aryl methyl sites for hydroxylation is 1. The molecule has 0 spiro atoms. The molecular weight excluding hydrogens is 334 g/mol. The van der Waals surface area contributed by atoms with Crippen molar-refractivity contribution in [1.82, 2.24) is 19.7 Å². The van der Waals surface area contributed by atoms with E-state index in [9.17, 15) is 9.59 Å². The highest BCUT2D eigenvalue weighted by molar-refractivity contribution is 5.97. The molecule has 2 aromatic rings. The number of rotatable bonds is 4. The number of nitrogens with zero attached hydrogens (tertiary/aromatic N) is 5. The molecular formula is C18H21N5O3. The summed E-state index contributed by atoms with van der Waals surface area (Å²) in [6.07, 6.45) is 4.18. The molecule has 2 aromatic heterocycles. The van der Waals surface area contributed by atoms with Crippen LogP contribution < -0.4 is 10.5 Å². The zero-order chi connectivity index (χ0) is 18.1. The Morgan fingerprint density at radius 2 is 2.23 bits per heavy atom. The topological polar surface area (TPSA) is 80.6 Å². The van der Waals surface area contributed by atoms with Gasteiger partial charge in [-0.2, -0.15) is 5.10 Å². The zero-order valence-corrected chi connectivity index (χ0v) is 14.7.